The maximum Gasteiger partial charge on any atom is 0.338 e. The van der Waals surface area contributed by atoms with Crippen molar-refractivity contribution in [2.75, 3.05) is 34.5 Å². The Kier molecular flexibility index (Phi) is 9.09. The van der Waals surface area contributed by atoms with Gasteiger partial charge in [0, 0.05) is 31.0 Å². The first-order valence-electron chi connectivity index (χ1n) is 12.1. The molecule has 2 aromatic rings. The number of methoxy groups -OCH3 is 3. The minimum Gasteiger partial charge on any atom is -0.497 e. The molecule has 0 bridgehead atoms. The Morgan fingerprint density at radius 2 is 1.87 bits per heavy atom. The van der Waals surface area contributed by atoms with Gasteiger partial charge >= 0.3 is 5.97 Å². The van der Waals surface area contributed by atoms with Gasteiger partial charge in [-0.05, 0) is 30.0 Å². The first kappa shape index (κ1) is 27.3. The van der Waals surface area contributed by atoms with Gasteiger partial charge in [-0.1, -0.05) is 42.1 Å². The average molecular weight is 538 g/mol. The number of carbonyl (C=O) groups is 2. The molecule has 0 aliphatic carbocycles. The summed E-state index contributed by atoms with van der Waals surface area (Å²) in [5.41, 5.74) is 3.24. The molecule has 38 heavy (non-hydrogen) atoms. The largest absolute Gasteiger partial charge is 0.497 e. The van der Waals surface area contributed by atoms with Crippen molar-refractivity contribution in [3.63, 3.8) is 0 Å². The van der Waals surface area contributed by atoms with Crippen LogP contribution in [0.3, 0.4) is 0 Å². The van der Waals surface area contributed by atoms with Gasteiger partial charge in [-0.25, -0.2) is 9.79 Å². The van der Waals surface area contributed by atoms with Crippen LogP contribution in [0.25, 0.3) is 0 Å². The van der Waals surface area contributed by atoms with E-state index in [1.165, 1.54) is 11.8 Å². The molecule has 1 amide bonds. The number of amidine groups is 1. The van der Waals surface area contributed by atoms with Crippen molar-refractivity contribution in [3.05, 3.63) is 82.0 Å². The van der Waals surface area contributed by atoms with Gasteiger partial charge in [-0.15, -0.1) is 0 Å². The minimum atomic E-state index is -0.625. The highest BCUT2D eigenvalue weighted by molar-refractivity contribution is 8.16. The van der Waals surface area contributed by atoms with E-state index in [9.17, 15) is 9.59 Å². The van der Waals surface area contributed by atoms with Crippen LogP contribution in [-0.2, 0) is 25.7 Å². The molecule has 2 aromatic carbocycles. The van der Waals surface area contributed by atoms with E-state index in [2.05, 4.69) is 5.32 Å². The van der Waals surface area contributed by atoms with Crippen LogP contribution in [0.4, 0.5) is 0 Å². The summed E-state index contributed by atoms with van der Waals surface area (Å²) in [5.74, 6) is 0.513. The maximum absolute atomic E-state index is 13.6. The molecule has 10 heteroatoms. The number of hydrogen-bond acceptors (Lipinski definition) is 9. The quantitative estimate of drug-likeness (QED) is 0.337. The van der Waals surface area contributed by atoms with Gasteiger partial charge in [0.1, 0.15) is 18.1 Å². The second kappa shape index (κ2) is 12.7. The summed E-state index contributed by atoms with van der Waals surface area (Å²) >= 11 is 1.41. The van der Waals surface area contributed by atoms with Gasteiger partial charge in [0.05, 0.1) is 44.6 Å². The molecule has 1 atom stereocenters. The first-order valence-corrected chi connectivity index (χ1v) is 13.0. The van der Waals surface area contributed by atoms with Crippen LogP contribution in [0, 0.1) is 0 Å². The zero-order valence-electron chi connectivity index (χ0n) is 21.9. The highest BCUT2D eigenvalue weighted by atomic mass is 32.2. The van der Waals surface area contributed by atoms with Crippen molar-refractivity contribution in [3.8, 4) is 11.5 Å². The molecule has 0 saturated carbocycles. The number of nitrogens with one attached hydrogen (secondary N) is 1. The predicted octanol–water partition coefficient (Wildman–Crippen LogP) is 4.17. The van der Waals surface area contributed by atoms with Crippen LogP contribution >= 0.6 is 11.8 Å². The van der Waals surface area contributed by atoms with E-state index in [4.69, 9.17) is 23.9 Å². The lowest BCUT2D eigenvalue weighted by atomic mass is 9.93. The third-order valence-corrected chi connectivity index (χ3v) is 7.03. The lowest BCUT2D eigenvalue weighted by molar-refractivity contribution is -0.141. The van der Waals surface area contributed by atoms with E-state index in [-0.39, 0.29) is 18.9 Å². The third-order valence-electron chi connectivity index (χ3n) is 6.14. The van der Waals surface area contributed by atoms with Crippen molar-refractivity contribution >= 4 is 28.8 Å². The normalized spacial score (nSPS) is 16.4. The van der Waals surface area contributed by atoms with Crippen LogP contribution in [0.1, 0.15) is 30.5 Å². The first-order chi connectivity index (χ1) is 18.5. The van der Waals surface area contributed by atoms with Crippen molar-refractivity contribution in [1.82, 2.24) is 10.2 Å². The molecule has 0 saturated heterocycles. The molecule has 2 aliphatic heterocycles. The molecule has 2 heterocycles. The minimum absolute atomic E-state index is 0.107. The average Bonchev–Trinajstić information content (AvgIpc) is 3.32. The highest BCUT2D eigenvalue weighted by Crippen LogP contribution is 2.47. The highest BCUT2D eigenvalue weighted by Gasteiger charge is 2.42. The Labute approximate surface area is 226 Å². The van der Waals surface area contributed by atoms with E-state index in [0.717, 1.165) is 11.1 Å². The van der Waals surface area contributed by atoms with Gasteiger partial charge in [-0.3, -0.25) is 4.79 Å². The van der Waals surface area contributed by atoms with Crippen LogP contribution in [0.5, 0.6) is 11.5 Å². The molecule has 4 rings (SSSR count). The van der Waals surface area contributed by atoms with Crippen LogP contribution in [0.15, 0.2) is 75.9 Å². The molecule has 0 fully saturated rings. The fourth-order valence-corrected chi connectivity index (χ4v) is 5.25. The molecule has 1 N–H and O–H groups in total. The SMILES string of the molecule is COCCNC(=O)CC1=CSC2=NC(C)=C(C(=O)OCc3ccccc3)[C@H](c3ccc(OC)cc3OC)N12. The van der Waals surface area contributed by atoms with Crippen LogP contribution < -0.4 is 14.8 Å². The Bertz CT molecular complexity index is 1270. The summed E-state index contributed by atoms with van der Waals surface area (Å²) in [6, 6.07) is 14.3. The Balaban J connectivity index is 1.71. The van der Waals surface area contributed by atoms with Gasteiger partial charge in [0.25, 0.3) is 0 Å². The molecule has 0 aromatic heterocycles. The molecule has 0 radical (unpaired) electrons. The second-order valence-electron chi connectivity index (χ2n) is 8.58. The van der Waals surface area contributed by atoms with Gasteiger partial charge in [0.2, 0.25) is 5.91 Å². The second-order valence-corrected chi connectivity index (χ2v) is 9.42. The Hall–Kier alpha value is -3.76. The molecular weight excluding hydrogens is 506 g/mol. The van der Waals surface area contributed by atoms with Crippen LogP contribution in [-0.4, -0.2) is 56.4 Å². The zero-order chi connectivity index (χ0) is 27.1. The number of esters is 1. The summed E-state index contributed by atoms with van der Waals surface area (Å²) in [7, 11) is 4.73. The molecule has 200 valence electrons. The van der Waals surface area contributed by atoms with Crippen molar-refractivity contribution < 1.29 is 28.5 Å². The van der Waals surface area contributed by atoms with Crippen LogP contribution in [0.2, 0.25) is 0 Å². The number of rotatable bonds is 11. The summed E-state index contributed by atoms with van der Waals surface area (Å²) in [4.78, 5) is 33.0. The number of carbonyl (C=O) groups excluding carboxylic acids is 2. The smallest absolute Gasteiger partial charge is 0.338 e. The summed E-state index contributed by atoms with van der Waals surface area (Å²) < 4.78 is 21.9. The molecule has 9 nitrogen and oxygen atoms in total. The summed E-state index contributed by atoms with van der Waals surface area (Å²) in [5, 5.41) is 5.42. The molecule has 2 aliphatic rings. The number of amides is 1. The number of ether oxygens (including phenoxy) is 4. The lowest BCUT2D eigenvalue weighted by Gasteiger charge is -2.36. The fraction of sp³-hybridized carbons (Fsp3) is 0.321. The molecular formula is C28H31N3O6S. The molecule has 0 spiro atoms. The number of thioether (sulfide) groups is 1. The fourth-order valence-electron chi connectivity index (χ4n) is 4.29. The van der Waals surface area contributed by atoms with Crippen molar-refractivity contribution in [2.24, 2.45) is 4.99 Å². The monoisotopic (exact) mass is 537 g/mol. The Morgan fingerprint density at radius 3 is 2.58 bits per heavy atom. The number of nitrogens with zero attached hydrogens (tertiary/aromatic N) is 2. The van der Waals surface area contributed by atoms with Crippen molar-refractivity contribution in [2.45, 2.75) is 26.0 Å². The third kappa shape index (κ3) is 6.03. The number of fused-ring (bicyclic) bond motifs is 1. The van der Waals surface area contributed by atoms with Gasteiger partial charge < -0.3 is 29.2 Å². The van der Waals surface area contributed by atoms with E-state index < -0.39 is 12.0 Å². The number of benzene rings is 2. The summed E-state index contributed by atoms with van der Waals surface area (Å²) in [6.45, 7) is 2.74. The van der Waals surface area contributed by atoms with Crippen molar-refractivity contribution in [1.29, 1.82) is 0 Å². The molecule has 0 unspecified atom stereocenters. The zero-order valence-corrected chi connectivity index (χ0v) is 22.7. The number of aliphatic imine (C=N–C) groups is 1. The van der Waals surface area contributed by atoms with E-state index in [1.807, 2.05) is 52.8 Å². The van der Waals surface area contributed by atoms with Gasteiger partial charge in [0.15, 0.2) is 5.17 Å². The summed E-state index contributed by atoms with van der Waals surface area (Å²) in [6.07, 6.45) is 0.107. The topological polar surface area (TPSA) is 98.7 Å². The predicted molar refractivity (Wildman–Crippen MR) is 146 cm³/mol. The van der Waals surface area contributed by atoms with E-state index in [1.54, 1.807) is 34.3 Å². The van der Waals surface area contributed by atoms with Gasteiger partial charge in [-0.2, -0.15) is 0 Å². The van der Waals surface area contributed by atoms with E-state index in [0.29, 0.717) is 46.8 Å². The lowest BCUT2D eigenvalue weighted by Crippen LogP contribution is -2.38. The maximum atomic E-state index is 13.6. The van der Waals surface area contributed by atoms with E-state index >= 15 is 0 Å². The standard InChI is InChI=1S/C28H31N3O6S/c1-18-25(27(33)37-16-19-8-6-5-7-9-19)26(22-11-10-21(35-3)15-23(22)36-4)31-20(17-38-28(31)30-18)14-24(32)29-12-13-34-2/h5-11,15,17,26H,12-14,16H2,1-4H3,(H,29,32)/t26-/m0/s1. The Morgan fingerprint density at radius 1 is 1.08 bits per heavy atom. The number of allylic oxidation sites excluding steroid dienone is 1. The number of hydrogen-bond donors (Lipinski definition) is 1.